The third kappa shape index (κ3) is 6.15. The molecule has 1 N–H and O–H groups in total. The normalized spacial score (nSPS) is 13.5. The maximum Gasteiger partial charge on any atom is 0.149 e. The van der Waals surface area contributed by atoms with Crippen LogP contribution in [0.4, 0.5) is 0 Å². The predicted octanol–water partition coefficient (Wildman–Crippen LogP) is 13.7. The van der Waals surface area contributed by atoms with E-state index in [0.29, 0.717) is 11.4 Å². The average Bonchev–Trinajstić information content (AvgIpc) is 3.69. The van der Waals surface area contributed by atoms with Crippen LogP contribution in [-0.4, -0.2) is 19.6 Å². The van der Waals surface area contributed by atoms with Gasteiger partial charge in [-0.2, -0.15) is 0 Å². The molecule has 2 aromatic heterocycles. The van der Waals surface area contributed by atoms with Crippen LogP contribution in [0.5, 0.6) is 5.75 Å². The number of pyridine rings is 1. The number of nitrogens with zero attached hydrogens (tertiary/aromatic N) is 3. The van der Waals surface area contributed by atoms with Gasteiger partial charge in [-0.1, -0.05) is 146 Å². The van der Waals surface area contributed by atoms with Gasteiger partial charge in [-0.3, -0.25) is 9.55 Å². The number of para-hydroxylation sites is 2. The summed E-state index contributed by atoms with van der Waals surface area (Å²) in [6.07, 6.45) is 2.09. The molecule has 0 aliphatic heterocycles. The van der Waals surface area contributed by atoms with Crippen LogP contribution in [0.25, 0.3) is 72.7 Å². The molecular weight excluding hydrogens is 695 g/mol. The highest BCUT2D eigenvalue weighted by molar-refractivity contribution is 5.98. The summed E-state index contributed by atoms with van der Waals surface area (Å²) in [6, 6.07) is 49.2. The van der Waals surface area contributed by atoms with Crippen molar-refractivity contribution in [2.45, 2.75) is 71.6 Å². The molecule has 0 unspecified atom stereocenters. The van der Waals surface area contributed by atoms with Gasteiger partial charge in [0.15, 0.2) is 0 Å². The second-order valence-corrected chi connectivity index (χ2v) is 18.1. The Balaban J connectivity index is 1.30. The van der Waals surface area contributed by atoms with Gasteiger partial charge in [0.25, 0.3) is 0 Å². The van der Waals surface area contributed by atoms with Crippen molar-refractivity contribution in [2.75, 3.05) is 0 Å². The van der Waals surface area contributed by atoms with Gasteiger partial charge in [-0.05, 0) is 104 Å². The molecule has 57 heavy (non-hydrogen) atoms. The van der Waals surface area contributed by atoms with Crippen LogP contribution in [0.1, 0.15) is 77.6 Å². The molecule has 0 radical (unpaired) electrons. The first kappa shape index (κ1) is 36.4. The maximum atomic E-state index is 11.4. The van der Waals surface area contributed by atoms with Gasteiger partial charge in [-0.15, -0.1) is 0 Å². The molecule has 2 heterocycles. The SMILES string of the molecule is CC(C)(C)c1cc(-c2cc3c(cn2)C(C)(C)c2ccccc2-3)cc(-c2cccc3c2nc(-c2ccccc2O)n3-c2ccc(C(C)(C)C)cc2-c2ccccc2)c1. The van der Waals surface area contributed by atoms with Crippen molar-refractivity contribution < 1.29 is 5.11 Å². The molecule has 8 aromatic rings. The van der Waals surface area contributed by atoms with Crippen LogP contribution in [0.2, 0.25) is 0 Å². The molecule has 0 atom stereocenters. The van der Waals surface area contributed by atoms with E-state index in [1.165, 1.54) is 33.4 Å². The number of aromatic hydroxyl groups is 1. The van der Waals surface area contributed by atoms with Gasteiger partial charge < -0.3 is 5.11 Å². The van der Waals surface area contributed by atoms with Gasteiger partial charge in [0.2, 0.25) is 0 Å². The topological polar surface area (TPSA) is 50.9 Å². The van der Waals surface area contributed by atoms with E-state index in [4.69, 9.17) is 9.97 Å². The molecule has 4 nitrogen and oxygen atoms in total. The van der Waals surface area contributed by atoms with Gasteiger partial charge in [0.1, 0.15) is 11.6 Å². The zero-order valence-corrected chi connectivity index (χ0v) is 34.1. The number of aromatic nitrogens is 3. The number of imidazole rings is 1. The summed E-state index contributed by atoms with van der Waals surface area (Å²) < 4.78 is 2.23. The van der Waals surface area contributed by atoms with Crippen molar-refractivity contribution in [1.82, 2.24) is 14.5 Å². The van der Waals surface area contributed by atoms with E-state index in [-0.39, 0.29) is 22.0 Å². The van der Waals surface area contributed by atoms with Crippen LogP contribution in [0, 0.1) is 0 Å². The van der Waals surface area contributed by atoms with E-state index in [9.17, 15) is 5.11 Å². The quantitative estimate of drug-likeness (QED) is 0.191. The summed E-state index contributed by atoms with van der Waals surface area (Å²) in [4.78, 5) is 10.6. The van der Waals surface area contributed by atoms with E-state index in [1.807, 2.05) is 18.2 Å². The van der Waals surface area contributed by atoms with E-state index in [0.717, 1.165) is 50.2 Å². The number of benzene rings is 6. The molecule has 282 valence electrons. The maximum absolute atomic E-state index is 11.4. The van der Waals surface area contributed by atoms with E-state index >= 15 is 0 Å². The Morgan fingerprint density at radius 3 is 1.93 bits per heavy atom. The first-order valence-electron chi connectivity index (χ1n) is 20.0. The van der Waals surface area contributed by atoms with Crippen molar-refractivity contribution in [3.05, 3.63) is 168 Å². The van der Waals surface area contributed by atoms with Crippen LogP contribution >= 0.6 is 0 Å². The van der Waals surface area contributed by atoms with Crippen LogP contribution < -0.4 is 0 Å². The highest BCUT2D eigenvalue weighted by Crippen LogP contribution is 2.49. The molecule has 0 saturated carbocycles. The minimum absolute atomic E-state index is 0.0458. The largest absolute Gasteiger partial charge is 0.507 e. The zero-order chi connectivity index (χ0) is 39.9. The molecule has 4 heteroatoms. The Bertz CT molecular complexity index is 2850. The number of hydrogen-bond donors (Lipinski definition) is 1. The molecule has 0 saturated heterocycles. The Hall–Kier alpha value is -6.26. The van der Waals surface area contributed by atoms with Crippen molar-refractivity contribution in [3.8, 4) is 67.5 Å². The van der Waals surface area contributed by atoms with Crippen LogP contribution in [-0.2, 0) is 16.2 Å². The molecule has 0 bridgehead atoms. The lowest BCUT2D eigenvalue weighted by Crippen LogP contribution is -2.15. The second-order valence-electron chi connectivity index (χ2n) is 18.1. The van der Waals surface area contributed by atoms with E-state index in [1.54, 1.807) is 6.07 Å². The fourth-order valence-corrected chi connectivity index (χ4v) is 8.57. The Kier molecular flexibility index (Phi) is 8.40. The third-order valence-electron chi connectivity index (χ3n) is 11.9. The minimum Gasteiger partial charge on any atom is -0.507 e. The van der Waals surface area contributed by atoms with Crippen LogP contribution in [0.3, 0.4) is 0 Å². The monoisotopic (exact) mass is 743 g/mol. The predicted molar refractivity (Wildman–Crippen MR) is 237 cm³/mol. The fraction of sp³-hybridized carbons (Fsp3) is 0.208. The van der Waals surface area contributed by atoms with Crippen molar-refractivity contribution in [1.29, 1.82) is 0 Å². The molecule has 9 rings (SSSR count). The van der Waals surface area contributed by atoms with Gasteiger partial charge in [0, 0.05) is 28.3 Å². The smallest absolute Gasteiger partial charge is 0.149 e. The van der Waals surface area contributed by atoms with Crippen LogP contribution in [0.15, 0.2) is 146 Å². The summed E-state index contributed by atoms with van der Waals surface area (Å²) in [6.45, 7) is 18.1. The summed E-state index contributed by atoms with van der Waals surface area (Å²) >= 11 is 0. The Labute approximate surface area is 336 Å². The van der Waals surface area contributed by atoms with Crippen molar-refractivity contribution >= 4 is 11.0 Å². The lowest BCUT2D eigenvalue weighted by molar-refractivity contribution is 0.477. The lowest BCUT2D eigenvalue weighted by Gasteiger charge is -2.23. The lowest BCUT2D eigenvalue weighted by atomic mass is 9.82. The molecule has 0 amide bonds. The second kappa shape index (κ2) is 13.2. The minimum atomic E-state index is -0.121. The summed E-state index contributed by atoms with van der Waals surface area (Å²) in [5.74, 6) is 0.873. The summed E-state index contributed by atoms with van der Waals surface area (Å²) in [5, 5.41) is 11.4. The number of fused-ring (bicyclic) bond motifs is 4. The highest BCUT2D eigenvalue weighted by Gasteiger charge is 2.36. The fourth-order valence-electron chi connectivity index (χ4n) is 8.57. The molecule has 0 spiro atoms. The zero-order valence-electron chi connectivity index (χ0n) is 34.1. The van der Waals surface area contributed by atoms with Gasteiger partial charge >= 0.3 is 0 Å². The van der Waals surface area contributed by atoms with E-state index in [2.05, 4.69) is 181 Å². The summed E-state index contributed by atoms with van der Waals surface area (Å²) in [7, 11) is 0. The first-order valence-corrected chi connectivity index (χ1v) is 20.0. The number of hydrogen-bond acceptors (Lipinski definition) is 3. The Morgan fingerprint density at radius 1 is 0.526 bits per heavy atom. The van der Waals surface area contributed by atoms with Crippen molar-refractivity contribution in [2.24, 2.45) is 0 Å². The molecular formula is C53H49N3O. The van der Waals surface area contributed by atoms with Crippen molar-refractivity contribution in [3.63, 3.8) is 0 Å². The average molecular weight is 744 g/mol. The van der Waals surface area contributed by atoms with E-state index < -0.39 is 0 Å². The first-order chi connectivity index (χ1) is 27.2. The van der Waals surface area contributed by atoms with Gasteiger partial charge in [0.05, 0.1) is 28.0 Å². The Morgan fingerprint density at radius 2 is 1.19 bits per heavy atom. The summed E-state index contributed by atoms with van der Waals surface area (Å²) in [5.41, 5.74) is 17.2. The van der Waals surface area contributed by atoms with Gasteiger partial charge in [-0.25, -0.2) is 4.98 Å². The molecule has 6 aromatic carbocycles. The molecule has 0 fully saturated rings. The number of rotatable bonds is 5. The third-order valence-corrected chi connectivity index (χ3v) is 11.9. The standard InChI is InChI=1S/C53H49N3O/c1-51(2,3)36-25-26-46(41(30-36)33-17-10-9-11-18-33)56-47-23-16-21-38(49(47)55-50(56)40-20-13-15-24-48(40)57)34-27-35(29-37(28-34)52(4,5)6)45-31-42-39-19-12-14-22-43(39)53(7,8)44(42)32-54-45/h9-32,57H,1-8H3. The number of phenolic OH excluding ortho intramolecular Hbond substituents is 1. The molecule has 1 aliphatic carbocycles. The number of phenols is 1. The highest BCUT2D eigenvalue weighted by atomic mass is 16.3. The molecule has 1 aliphatic rings.